The maximum Gasteiger partial charge on any atom is 0.166 e. The van der Waals surface area contributed by atoms with Crippen molar-refractivity contribution in [3.63, 3.8) is 0 Å². The van der Waals surface area contributed by atoms with Crippen LogP contribution < -0.4 is 0 Å². The lowest BCUT2D eigenvalue weighted by Crippen LogP contribution is -2.03. The number of Topliss-reactive ketones (excluding diaryl/α,β-unsaturated/α-hetero) is 1. The fraction of sp³-hybridized carbons (Fsp3) is 0.438. The zero-order chi connectivity index (χ0) is 11.9. The number of hydrogen-bond acceptors (Lipinski definition) is 1. The first-order chi connectivity index (χ1) is 8.36. The number of benzene rings is 1. The summed E-state index contributed by atoms with van der Waals surface area (Å²) in [6.07, 6.45) is 11.5. The zero-order valence-corrected chi connectivity index (χ0v) is 10.3. The van der Waals surface area contributed by atoms with Gasteiger partial charge in [-0.15, -0.1) is 0 Å². The Morgan fingerprint density at radius 3 is 2.53 bits per heavy atom. The molecule has 0 aromatic heterocycles. The van der Waals surface area contributed by atoms with Gasteiger partial charge in [0, 0.05) is 12.0 Å². The van der Waals surface area contributed by atoms with Crippen molar-refractivity contribution in [2.24, 2.45) is 5.92 Å². The van der Waals surface area contributed by atoms with Gasteiger partial charge in [-0.3, -0.25) is 4.79 Å². The molecule has 0 saturated heterocycles. The summed E-state index contributed by atoms with van der Waals surface area (Å²) in [4.78, 5) is 11.8. The monoisotopic (exact) mass is 228 g/mol. The lowest BCUT2D eigenvalue weighted by atomic mass is 9.89. The van der Waals surface area contributed by atoms with E-state index in [0.29, 0.717) is 12.3 Å². The molecule has 90 valence electrons. The molecular formula is C16H20O. The number of allylic oxidation sites excluding steroid dienone is 2. The van der Waals surface area contributed by atoms with Crippen LogP contribution >= 0.6 is 0 Å². The van der Waals surface area contributed by atoms with Crippen LogP contribution in [-0.4, -0.2) is 5.78 Å². The van der Waals surface area contributed by atoms with Crippen LogP contribution in [0.2, 0.25) is 0 Å². The fourth-order valence-electron chi connectivity index (χ4n) is 2.44. The lowest BCUT2D eigenvalue weighted by molar-refractivity contribution is 0.0995. The predicted octanol–water partition coefficient (Wildman–Crippen LogP) is 4.40. The van der Waals surface area contributed by atoms with Gasteiger partial charge in [0.05, 0.1) is 0 Å². The molecule has 0 N–H and O–H groups in total. The molecule has 0 spiro atoms. The van der Waals surface area contributed by atoms with E-state index >= 15 is 0 Å². The van der Waals surface area contributed by atoms with Gasteiger partial charge in [-0.05, 0) is 18.8 Å². The van der Waals surface area contributed by atoms with Gasteiger partial charge in [-0.1, -0.05) is 61.7 Å². The second-order valence-electron chi connectivity index (χ2n) is 4.82. The minimum absolute atomic E-state index is 0.220. The SMILES string of the molecule is O=C(C/C=C/C1CCCCC1)c1ccccc1. The van der Waals surface area contributed by atoms with Gasteiger partial charge in [0.1, 0.15) is 0 Å². The predicted molar refractivity (Wildman–Crippen MR) is 71.1 cm³/mol. The molecule has 17 heavy (non-hydrogen) atoms. The Bertz CT molecular complexity index is 372. The molecular weight excluding hydrogens is 208 g/mol. The largest absolute Gasteiger partial charge is 0.294 e. The summed E-state index contributed by atoms with van der Waals surface area (Å²) in [7, 11) is 0. The highest BCUT2D eigenvalue weighted by Crippen LogP contribution is 2.24. The molecule has 0 bridgehead atoms. The second kappa shape index (κ2) is 6.39. The van der Waals surface area contributed by atoms with Crippen LogP contribution in [0.5, 0.6) is 0 Å². The van der Waals surface area contributed by atoms with Crippen molar-refractivity contribution >= 4 is 5.78 Å². The van der Waals surface area contributed by atoms with Gasteiger partial charge in [-0.25, -0.2) is 0 Å². The highest BCUT2D eigenvalue weighted by atomic mass is 16.1. The van der Waals surface area contributed by atoms with Crippen LogP contribution in [0.15, 0.2) is 42.5 Å². The van der Waals surface area contributed by atoms with Crippen LogP contribution in [0.25, 0.3) is 0 Å². The number of hydrogen-bond donors (Lipinski definition) is 0. The third-order valence-corrected chi connectivity index (χ3v) is 3.46. The minimum atomic E-state index is 0.220. The first-order valence-corrected chi connectivity index (χ1v) is 6.61. The van der Waals surface area contributed by atoms with E-state index in [2.05, 4.69) is 12.2 Å². The molecule has 0 radical (unpaired) electrons. The van der Waals surface area contributed by atoms with Crippen molar-refractivity contribution in [1.82, 2.24) is 0 Å². The van der Waals surface area contributed by atoms with Gasteiger partial charge < -0.3 is 0 Å². The fourth-order valence-corrected chi connectivity index (χ4v) is 2.44. The van der Waals surface area contributed by atoms with Crippen molar-refractivity contribution in [2.75, 3.05) is 0 Å². The Hall–Kier alpha value is -1.37. The van der Waals surface area contributed by atoms with Crippen LogP contribution in [-0.2, 0) is 0 Å². The standard InChI is InChI=1S/C16H20O/c17-16(15-11-5-2-6-12-15)13-7-10-14-8-3-1-4-9-14/h2,5-7,10-12,14H,1,3-4,8-9,13H2/b10-7+. The molecule has 0 aliphatic heterocycles. The Kier molecular flexibility index (Phi) is 4.54. The lowest BCUT2D eigenvalue weighted by Gasteiger charge is -2.17. The summed E-state index contributed by atoms with van der Waals surface area (Å²) in [6.45, 7) is 0. The first kappa shape index (κ1) is 12.1. The third kappa shape index (κ3) is 3.85. The smallest absolute Gasteiger partial charge is 0.166 e. The van der Waals surface area contributed by atoms with Crippen molar-refractivity contribution in [3.8, 4) is 0 Å². The van der Waals surface area contributed by atoms with E-state index in [4.69, 9.17) is 0 Å². The molecule has 1 aromatic rings. The normalized spacial score (nSPS) is 17.4. The molecule has 1 aromatic carbocycles. The number of rotatable bonds is 4. The number of carbonyl (C=O) groups is 1. The third-order valence-electron chi connectivity index (χ3n) is 3.46. The van der Waals surface area contributed by atoms with Crippen molar-refractivity contribution in [3.05, 3.63) is 48.0 Å². The molecule has 1 heteroatoms. The van der Waals surface area contributed by atoms with E-state index in [-0.39, 0.29) is 5.78 Å². The van der Waals surface area contributed by atoms with E-state index in [1.54, 1.807) is 0 Å². The van der Waals surface area contributed by atoms with E-state index in [9.17, 15) is 4.79 Å². The van der Waals surface area contributed by atoms with Gasteiger partial charge in [-0.2, -0.15) is 0 Å². The average molecular weight is 228 g/mol. The summed E-state index contributed by atoms with van der Waals surface area (Å²) >= 11 is 0. The molecule has 0 atom stereocenters. The minimum Gasteiger partial charge on any atom is -0.294 e. The van der Waals surface area contributed by atoms with Gasteiger partial charge in [0.2, 0.25) is 0 Å². The van der Waals surface area contributed by atoms with E-state index in [1.165, 1.54) is 32.1 Å². The van der Waals surface area contributed by atoms with Crippen molar-refractivity contribution in [1.29, 1.82) is 0 Å². The molecule has 0 unspecified atom stereocenters. The molecule has 1 aliphatic rings. The Labute approximate surface area is 104 Å². The summed E-state index contributed by atoms with van der Waals surface area (Å²) in [5, 5.41) is 0. The maximum atomic E-state index is 11.8. The molecule has 1 nitrogen and oxygen atoms in total. The summed E-state index contributed by atoms with van der Waals surface area (Å²) in [5.41, 5.74) is 0.820. The first-order valence-electron chi connectivity index (χ1n) is 6.61. The van der Waals surface area contributed by atoms with Crippen LogP contribution in [0.3, 0.4) is 0 Å². The maximum absolute atomic E-state index is 11.8. The van der Waals surface area contributed by atoms with E-state index < -0.39 is 0 Å². The molecule has 2 rings (SSSR count). The van der Waals surface area contributed by atoms with Crippen LogP contribution in [0, 0.1) is 5.92 Å². The molecule has 0 amide bonds. The quantitative estimate of drug-likeness (QED) is 0.551. The van der Waals surface area contributed by atoms with Gasteiger partial charge in [0.15, 0.2) is 5.78 Å². The second-order valence-corrected chi connectivity index (χ2v) is 4.82. The Balaban J connectivity index is 1.81. The van der Waals surface area contributed by atoms with E-state index in [0.717, 1.165) is 5.56 Å². The molecule has 1 fully saturated rings. The Morgan fingerprint density at radius 1 is 1.12 bits per heavy atom. The highest BCUT2D eigenvalue weighted by molar-refractivity contribution is 5.96. The van der Waals surface area contributed by atoms with Crippen LogP contribution in [0.4, 0.5) is 0 Å². The summed E-state index contributed by atoms with van der Waals surface area (Å²) in [6, 6.07) is 9.54. The van der Waals surface area contributed by atoms with Crippen molar-refractivity contribution in [2.45, 2.75) is 38.5 Å². The van der Waals surface area contributed by atoms with Crippen LogP contribution in [0.1, 0.15) is 48.9 Å². The average Bonchev–Trinajstić information content (AvgIpc) is 2.41. The molecule has 1 saturated carbocycles. The highest BCUT2D eigenvalue weighted by Gasteiger charge is 2.10. The Morgan fingerprint density at radius 2 is 1.82 bits per heavy atom. The topological polar surface area (TPSA) is 17.1 Å². The molecule has 0 heterocycles. The van der Waals surface area contributed by atoms with Gasteiger partial charge in [0.25, 0.3) is 0 Å². The summed E-state index contributed by atoms with van der Waals surface area (Å²) in [5.74, 6) is 0.935. The van der Waals surface area contributed by atoms with E-state index in [1.807, 2.05) is 30.3 Å². The number of carbonyl (C=O) groups excluding carboxylic acids is 1. The molecule has 1 aliphatic carbocycles. The van der Waals surface area contributed by atoms with Crippen molar-refractivity contribution < 1.29 is 4.79 Å². The summed E-state index contributed by atoms with van der Waals surface area (Å²) < 4.78 is 0. The number of ketones is 1. The van der Waals surface area contributed by atoms with Gasteiger partial charge >= 0.3 is 0 Å². The zero-order valence-electron chi connectivity index (χ0n) is 10.3.